The van der Waals surface area contributed by atoms with E-state index in [-0.39, 0.29) is 15.8 Å². The van der Waals surface area contributed by atoms with Gasteiger partial charge >= 0.3 is 5.97 Å². The summed E-state index contributed by atoms with van der Waals surface area (Å²) in [6.45, 7) is 5.00. The first-order valence-electron chi connectivity index (χ1n) is 7.38. The second-order valence-electron chi connectivity index (χ2n) is 5.55. The first-order valence-corrected chi connectivity index (χ1v) is 9.70. The van der Waals surface area contributed by atoms with E-state index in [9.17, 15) is 13.2 Å². The van der Waals surface area contributed by atoms with Gasteiger partial charge in [-0.2, -0.15) is 4.31 Å². The number of rotatable bonds is 6. The molecule has 1 aromatic rings. The third-order valence-electron chi connectivity index (χ3n) is 4.07. The molecule has 0 spiro atoms. The molecule has 0 saturated carbocycles. The molecule has 8 heteroatoms. The predicted molar refractivity (Wildman–Crippen MR) is 86.0 cm³/mol. The topological polar surface area (TPSA) is 77.9 Å². The summed E-state index contributed by atoms with van der Waals surface area (Å²) in [6.07, 6.45) is 2.73. The average Bonchev–Trinajstić information content (AvgIpc) is 2.98. The van der Waals surface area contributed by atoms with Gasteiger partial charge in [0.2, 0.25) is 0 Å². The summed E-state index contributed by atoms with van der Waals surface area (Å²) in [5, 5.41) is 10.3. The van der Waals surface area contributed by atoms with Crippen LogP contribution >= 0.6 is 11.3 Å². The Labute approximate surface area is 135 Å². The highest BCUT2D eigenvalue weighted by atomic mass is 32.2. The van der Waals surface area contributed by atoms with E-state index in [0.29, 0.717) is 0 Å². The number of piperidine rings is 1. The highest BCUT2D eigenvalue weighted by molar-refractivity contribution is 7.91. The van der Waals surface area contributed by atoms with Gasteiger partial charge in [0.1, 0.15) is 4.21 Å². The quantitative estimate of drug-likeness (QED) is 0.852. The van der Waals surface area contributed by atoms with E-state index >= 15 is 0 Å². The van der Waals surface area contributed by atoms with Crippen molar-refractivity contribution in [3.63, 3.8) is 0 Å². The van der Waals surface area contributed by atoms with E-state index in [0.717, 1.165) is 50.2 Å². The fourth-order valence-electron chi connectivity index (χ4n) is 2.72. The van der Waals surface area contributed by atoms with Gasteiger partial charge in [0.05, 0.1) is 5.56 Å². The second kappa shape index (κ2) is 7.08. The second-order valence-corrected chi connectivity index (χ2v) is 8.69. The molecule has 0 radical (unpaired) electrons. The Kier molecular flexibility index (Phi) is 5.60. The molecule has 0 aromatic carbocycles. The molecule has 22 heavy (non-hydrogen) atoms. The van der Waals surface area contributed by atoms with Crippen LogP contribution in [0.1, 0.15) is 36.5 Å². The number of carboxylic acid groups (broad SMARTS) is 1. The Morgan fingerprint density at radius 2 is 2.09 bits per heavy atom. The number of thiophene rings is 1. The normalized spacial score (nSPS) is 18.0. The summed E-state index contributed by atoms with van der Waals surface area (Å²) in [5.41, 5.74) is 0.0229. The van der Waals surface area contributed by atoms with Crippen molar-refractivity contribution in [2.75, 3.05) is 26.7 Å². The molecular formula is C14H22N2O4S2. The van der Waals surface area contributed by atoms with Crippen LogP contribution in [0.2, 0.25) is 0 Å². The van der Waals surface area contributed by atoms with E-state index in [2.05, 4.69) is 11.8 Å². The zero-order chi connectivity index (χ0) is 16.3. The van der Waals surface area contributed by atoms with Crippen molar-refractivity contribution in [2.45, 2.75) is 36.4 Å². The number of hydrogen-bond donors (Lipinski definition) is 1. The summed E-state index contributed by atoms with van der Waals surface area (Å²) >= 11 is 0.965. The lowest BCUT2D eigenvalue weighted by Crippen LogP contribution is -2.45. The van der Waals surface area contributed by atoms with E-state index < -0.39 is 16.0 Å². The van der Waals surface area contributed by atoms with Gasteiger partial charge in [-0.15, -0.1) is 11.3 Å². The van der Waals surface area contributed by atoms with Crippen molar-refractivity contribution < 1.29 is 18.3 Å². The number of carboxylic acids is 1. The number of sulfonamides is 1. The van der Waals surface area contributed by atoms with Gasteiger partial charge in [0, 0.05) is 18.5 Å². The highest BCUT2D eigenvalue weighted by Crippen LogP contribution is 2.27. The Morgan fingerprint density at radius 3 is 2.59 bits per heavy atom. The number of hydrogen-bond acceptors (Lipinski definition) is 5. The first-order chi connectivity index (χ1) is 10.4. The molecule has 1 aliphatic rings. The van der Waals surface area contributed by atoms with E-state index in [4.69, 9.17) is 5.11 Å². The molecule has 124 valence electrons. The van der Waals surface area contributed by atoms with Crippen LogP contribution < -0.4 is 0 Å². The zero-order valence-corrected chi connectivity index (χ0v) is 14.5. The zero-order valence-electron chi connectivity index (χ0n) is 12.9. The van der Waals surface area contributed by atoms with Crippen molar-refractivity contribution in [2.24, 2.45) is 0 Å². The Hall–Kier alpha value is -0.960. The Bertz CT molecular complexity index is 619. The van der Waals surface area contributed by atoms with Crippen molar-refractivity contribution in [1.82, 2.24) is 9.21 Å². The first kappa shape index (κ1) is 17.4. The smallest absolute Gasteiger partial charge is 0.336 e. The lowest BCUT2D eigenvalue weighted by atomic mass is 10.1. The minimum Gasteiger partial charge on any atom is -0.478 e. The standard InChI is InChI=1S/C14H22N2O4S2/c1-3-6-16-7-4-12(5-8-16)15(2)22(19,20)13-9-11(10-21-13)14(17)18/h9-10,12H,3-8H2,1-2H3,(H,17,18). The molecule has 6 nitrogen and oxygen atoms in total. The molecule has 1 aromatic heterocycles. The SMILES string of the molecule is CCCN1CCC(N(C)S(=O)(=O)c2cc(C(=O)O)cs2)CC1. The largest absolute Gasteiger partial charge is 0.478 e. The summed E-state index contributed by atoms with van der Waals surface area (Å²) in [6, 6.07) is 1.22. The average molecular weight is 346 g/mol. The van der Waals surface area contributed by atoms with Crippen LogP contribution in [0.15, 0.2) is 15.7 Å². The molecule has 0 aliphatic carbocycles. The number of likely N-dealkylation sites (tertiary alicyclic amines) is 1. The lowest BCUT2D eigenvalue weighted by molar-refractivity contribution is 0.0697. The van der Waals surface area contributed by atoms with Gasteiger partial charge in [-0.25, -0.2) is 13.2 Å². The minimum atomic E-state index is -3.61. The predicted octanol–water partition coefficient (Wildman–Crippen LogP) is 1.94. The third kappa shape index (κ3) is 3.68. The maximum absolute atomic E-state index is 12.6. The van der Waals surface area contributed by atoms with Crippen LogP contribution in [0.3, 0.4) is 0 Å². The summed E-state index contributed by atoms with van der Waals surface area (Å²) in [4.78, 5) is 13.3. The van der Waals surface area contributed by atoms with Crippen molar-refractivity contribution in [3.8, 4) is 0 Å². The van der Waals surface area contributed by atoms with Gasteiger partial charge in [-0.05, 0) is 45.0 Å². The van der Waals surface area contributed by atoms with E-state index in [1.165, 1.54) is 15.8 Å². The van der Waals surface area contributed by atoms with Crippen LogP contribution in [-0.4, -0.2) is 61.4 Å². The van der Waals surface area contributed by atoms with Crippen molar-refractivity contribution in [1.29, 1.82) is 0 Å². The van der Waals surface area contributed by atoms with Gasteiger partial charge in [0.25, 0.3) is 10.0 Å². The third-order valence-corrected chi connectivity index (χ3v) is 7.39. The molecule has 2 rings (SSSR count). The summed E-state index contributed by atoms with van der Waals surface area (Å²) < 4.78 is 26.7. The Balaban J connectivity index is 2.07. The van der Waals surface area contributed by atoms with Crippen LogP contribution in [0.25, 0.3) is 0 Å². The Morgan fingerprint density at radius 1 is 1.45 bits per heavy atom. The van der Waals surface area contributed by atoms with Gasteiger partial charge in [-0.3, -0.25) is 0 Å². The maximum atomic E-state index is 12.6. The molecule has 0 atom stereocenters. The number of nitrogens with zero attached hydrogens (tertiary/aromatic N) is 2. The van der Waals surface area contributed by atoms with E-state index in [1.807, 2.05) is 0 Å². The molecule has 0 unspecified atom stereocenters. The highest BCUT2D eigenvalue weighted by Gasteiger charge is 2.32. The van der Waals surface area contributed by atoms with Gasteiger partial charge in [-0.1, -0.05) is 6.92 Å². The molecule has 1 saturated heterocycles. The lowest BCUT2D eigenvalue weighted by Gasteiger charge is -2.35. The minimum absolute atomic E-state index is 0.0199. The molecule has 2 heterocycles. The molecule has 1 aliphatic heterocycles. The van der Waals surface area contributed by atoms with Gasteiger partial charge in [0.15, 0.2) is 0 Å². The van der Waals surface area contributed by atoms with Crippen LogP contribution in [0.4, 0.5) is 0 Å². The van der Waals surface area contributed by atoms with Gasteiger partial charge < -0.3 is 10.0 Å². The monoisotopic (exact) mass is 346 g/mol. The van der Waals surface area contributed by atoms with Crippen molar-refractivity contribution >= 4 is 27.3 Å². The fraction of sp³-hybridized carbons (Fsp3) is 0.643. The number of carbonyl (C=O) groups is 1. The molecule has 0 bridgehead atoms. The summed E-state index contributed by atoms with van der Waals surface area (Å²) in [5.74, 6) is -1.10. The van der Waals surface area contributed by atoms with Crippen LogP contribution in [0, 0.1) is 0 Å². The fourth-order valence-corrected chi connectivity index (χ4v) is 5.48. The van der Waals surface area contributed by atoms with Crippen LogP contribution in [0.5, 0.6) is 0 Å². The molecular weight excluding hydrogens is 324 g/mol. The van der Waals surface area contributed by atoms with E-state index in [1.54, 1.807) is 7.05 Å². The number of aromatic carboxylic acids is 1. The molecule has 1 fully saturated rings. The van der Waals surface area contributed by atoms with Crippen LogP contribution in [-0.2, 0) is 10.0 Å². The maximum Gasteiger partial charge on any atom is 0.336 e. The molecule has 0 amide bonds. The summed E-state index contributed by atoms with van der Waals surface area (Å²) in [7, 11) is -2.02. The van der Waals surface area contributed by atoms with Crippen molar-refractivity contribution in [3.05, 3.63) is 17.0 Å². The molecule has 1 N–H and O–H groups in total.